The minimum atomic E-state index is -0.178. The van der Waals surface area contributed by atoms with Gasteiger partial charge in [-0.2, -0.15) is 9.97 Å². The van der Waals surface area contributed by atoms with E-state index in [1.807, 2.05) is 30.3 Å². The van der Waals surface area contributed by atoms with Crippen molar-refractivity contribution < 1.29 is 4.42 Å². The molecule has 0 radical (unpaired) electrons. The third kappa shape index (κ3) is 5.29. The molecular weight excluding hydrogens is 733 g/mol. The quantitative estimate of drug-likeness (QED) is 0.175. The van der Waals surface area contributed by atoms with Gasteiger partial charge >= 0.3 is 0 Å². The summed E-state index contributed by atoms with van der Waals surface area (Å²) in [6.45, 7) is 4.72. The maximum atomic E-state index is 6.84. The van der Waals surface area contributed by atoms with Crippen molar-refractivity contribution in [3.05, 3.63) is 204 Å². The van der Waals surface area contributed by atoms with Crippen LogP contribution in [0.3, 0.4) is 0 Å². The zero-order chi connectivity index (χ0) is 40.0. The average molecular weight is 771 g/mol. The van der Waals surface area contributed by atoms with E-state index < -0.39 is 0 Å². The van der Waals surface area contributed by atoms with Gasteiger partial charge in [0, 0.05) is 38.3 Å². The van der Waals surface area contributed by atoms with E-state index in [1.54, 1.807) is 0 Å². The van der Waals surface area contributed by atoms with E-state index in [9.17, 15) is 0 Å². The largest absolute Gasteiger partial charge is 0.455 e. The topological polar surface area (TPSA) is 56.7 Å². The first-order valence-corrected chi connectivity index (χ1v) is 20.6. The summed E-state index contributed by atoms with van der Waals surface area (Å²) < 4.78 is 9.08. The van der Waals surface area contributed by atoms with E-state index in [4.69, 9.17) is 19.4 Å². The molecule has 5 heteroatoms. The Balaban J connectivity index is 1.16. The number of hydrogen-bond donors (Lipinski definition) is 0. The zero-order valence-electron chi connectivity index (χ0n) is 33.2. The lowest BCUT2D eigenvalue weighted by molar-refractivity contribution is 0.611. The molecular formula is C55H38N4O. The van der Waals surface area contributed by atoms with Crippen LogP contribution in [0.4, 0.5) is 0 Å². The summed E-state index contributed by atoms with van der Waals surface area (Å²) in [5.74, 6) is 1.75. The standard InChI is InChI=1S/C55H38N4O/c1-55(2)45-22-12-9-19-39(45)31-40-30-29-38(32-46(40)55)43-33-44-41-20-11-14-24-48(41)60-51(44)49-42-21-10-13-23-47(42)59(50(43)49)54-57-52(36-17-7-4-8-18-36)56-53(58-54)37-27-25-35(26-28-37)34-15-5-3-6-16-34/h3-30,32-33H,31H2,1-2H3. The van der Waals surface area contributed by atoms with E-state index in [-0.39, 0.29) is 5.41 Å². The van der Waals surface area contributed by atoms with Crippen molar-refractivity contribution in [3.63, 3.8) is 0 Å². The molecule has 0 fully saturated rings. The fourth-order valence-electron chi connectivity index (χ4n) is 9.63. The number of aromatic nitrogens is 4. The fraction of sp³-hybridized carbons (Fsp3) is 0.0727. The molecule has 284 valence electrons. The lowest BCUT2D eigenvalue weighted by atomic mass is 9.68. The first-order valence-electron chi connectivity index (χ1n) is 20.6. The summed E-state index contributed by atoms with van der Waals surface area (Å²) >= 11 is 0. The van der Waals surface area contributed by atoms with Crippen LogP contribution in [0.2, 0.25) is 0 Å². The fourth-order valence-corrected chi connectivity index (χ4v) is 9.63. The number of rotatable bonds is 5. The van der Waals surface area contributed by atoms with Gasteiger partial charge < -0.3 is 4.42 Å². The van der Waals surface area contributed by atoms with Crippen LogP contribution in [0.25, 0.3) is 94.7 Å². The number of para-hydroxylation sites is 2. The highest BCUT2D eigenvalue weighted by Crippen LogP contribution is 2.48. The van der Waals surface area contributed by atoms with Crippen molar-refractivity contribution in [1.29, 1.82) is 0 Å². The minimum absolute atomic E-state index is 0.178. The third-order valence-electron chi connectivity index (χ3n) is 12.6. The van der Waals surface area contributed by atoms with Gasteiger partial charge in [0.25, 0.3) is 0 Å². The Morgan fingerprint density at radius 2 is 1.07 bits per heavy atom. The van der Waals surface area contributed by atoms with Gasteiger partial charge in [-0.3, -0.25) is 4.57 Å². The Hall–Kier alpha value is -7.63. The molecule has 0 saturated heterocycles. The summed E-state index contributed by atoms with van der Waals surface area (Å²) in [4.78, 5) is 15.8. The van der Waals surface area contributed by atoms with Crippen LogP contribution in [-0.4, -0.2) is 19.5 Å². The van der Waals surface area contributed by atoms with Gasteiger partial charge in [-0.1, -0.05) is 172 Å². The molecule has 3 aromatic heterocycles. The molecule has 0 unspecified atom stereocenters. The molecule has 0 amide bonds. The van der Waals surface area contributed by atoms with Gasteiger partial charge in [0.1, 0.15) is 11.2 Å². The Kier molecular flexibility index (Phi) is 7.57. The van der Waals surface area contributed by atoms with Crippen LogP contribution in [0.15, 0.2) is 186 Å². The molecule has 11 aromatic rings. The highest BCUT2D eigenvalue weighted by Gasteiger charge is 2.33. The van der Waals surface area contributed by atoms with E-state index in [2.05, 4.69) is 170 Å². The highest BCUT2D eigenvalue weighted by molar-refractivity contribution is 6.27. The summed E-state index contributed by atoms with van der Waals surface area (Å²) in [7, 11) is 0. The average Bonchev–Trinajstić information content (AvgIpc) is 3.85. The normalized spacial score (nSPS) is 13.2. The van der Waals surface area contributed by atoms with Gasteiger partial charge in [0.2, 0.25) is 5.95 Å². The Bertz CT molecular complexity index is 3470. The van der Waals surface area contributed by atoms with Gasteiger partial charge in [0.15, 0.2) is 11.6 Å². The molecule has 8 aromatic carbocycles. The Labute approximate surface area is 347 Å². The van der Waals surface area contributed by atoms with Crippen LogP contribution in [0, 0.1) is 0 Å². The smallest absolute Gasteiger partial charge is 0.238 e. The predicted octanol–water partition coefficient (Wildman–Crippen LogP) is 13.8. The van der Waals surface area contributed by atoms with E-state index in [0.717, 1.165) is 83.5 Å². The number of fused-ring (bicyclic) bond motifs is 9. The summed E-state index contributed by atoms with van der Waals surface area (Å²) in [6, 6.07) is 64.3. The van der Waals surface area contributed by atoms with E-state index >= 15 is 0 Å². The molecule has 0 N–H and O–H groups in total. The lowest BCUT2D eigenvalue weighted by Gasteiger charge is -2.35. The van der Waals surface area contributed by atoms with Crippen LogP contribution >= 0.6 is 0 Å². The molecule has 1 aliphatic rings. The maximum absolute atomic E-state index is 6.84. The second-order valence-electron chi connectivity index (χ2n) is 16.4. The number of furan rings is 1. The molecule has 0 spiro atoms. The number of benzene rings is 8. The van der Waals surface area contributed by atoms with Crippen molar-refractivity contribution in [1.82, 2.24) is 19.5 Å². The zero-order valence-corrected chi connectivity index (χ0v) is 33.2. The van der Waals surface area contributed by atoms with E-state index in [0.29, 0.717) is 17.6 Å². The molecule has 0 saturated carbocycles. The number of nitrogens with zero attached hydrogens (tertiary/aromatic N) is 4. The van der Waals surface area contributed by atoms with Crippen LogP contribution in [-0.2, 0) is 11.8 Å². The molecule has 12 rings (SSSR count). The Morgan fingerprint density at radius 3 is 1.85 bits per heavy atom. The third-order valence-corrected chi connectivity index (χ3v) is 12.6. The summed E-state index contributed by atoms with van der Waals surface area (Å²) in [5.41, 5.74) is 15.4. The molecule has 60 heavy (non-hydrogen) atoms. The minimum Gasteiger partial charge on any atom is -0.455 e. The molecule has 0 atom stereocenters. The SMILES string of the molecule is CC1(C)c2ccccc2Cc2ccc(-c3cc4c5ccccc5oc4c4c5ccccc5n(-c5nc(-c6ccccc6)nc(-c6ccc(-c7ccccc7)cc6)n5)c34)cc21. The second-order valence-corrected chi connectivity index (χ2v) is 16.4. The van der Waals surface area contributed by atoms with Crippen molar-refractivity contribution in [2.24, 2.45) is 0 Å². The highest BCUT2D eigenvalue weighted by atomic mass is 16.3. The van der Waals surface area contributed by atoms with Gasteiger partial charge in [-0.05, 0) is 69.6 Å². The molecule has 0 aliphatic heterocycles. The van der Waals surface area contributed by atoms with Crippen molar-refractivity contribution in [2.75, 3.05) is 0 Å². The van der Waals surface area contributed by atoms with Crippen molar-refractivity contribution in [2.45, 2.75) is 25.7 Å². The summed E-state index contributed by atoms with van der Waals surface area (Å²) in [5, 5.41) is 4.28. The van der Waals surface area contributed by atoms with Gasteiger partial charge in [-0.25, -0.2) is 4.98 Å². The monoisotopic (exact) mass is 770 g/mol. The van der Waals surface area contributed by atoms with Crippen molar-refractivity contribution >= 4 is 43.7 Å². The predicted molar refractivity (Wildman–Crippen MR) is 245 cm³/mol. The van der Waals surface area contributed by atoms with Gasteiger partial charge in [0.05, 0.1) is 16.4 Å². The van der Waals surface area contributed by atoms with Gasteiger partial charge in [-0.15, -0.1) is 0 Å². The second kappa shape index (κ2) is 13.2. The first kappa shape index (κ1) is 34.4. The molecule has 1 aliphatic carbocycles. The number of hydrogen-bond acceptors (Lipinski definition) is 4. The first-order chi connectivity index (χ1) is 29.5. The molecule has 0 bridgehead atoms. The maximum Gasteiger partial charge on any atom is 0.238 e. The van der Waals surface area contributed by atoms with Crippen LogP contribution in [0.1, 0.15) is 36.1 Å². The summed E-state index contributed by atoms with van der Waals surface area (Å²) in [6.07, 6.45) is 0.915. The molecule has 3 heterocycles. The van der Waals surface area contributed by atoms with E-state index in [1.165, 1.54) is 22.3 Å². The van der Waals surface area contributed by atoms with Crippen LogP contribution in [0.5, 0.6) is 0 Å². The molecule has 5 nitrogen and oxygen atoms in total. The lowest BCUT2D eigenvalue weighted by Crippen LogP contribution is -2.27. The Morgan fingerprint density at radius 1 is 0.483 bits per heavy atom. The van der Waals surface area contributed by atoms with Crippen molar-refractivity contribution in [3.8, 4) is 51.0 Å². The van der Waals surface area contributed by atoms with Crippen LogP contribution < -0.4 is 0 Å².